The highest BCUT2D eigenvalue weighted by Crippen LogP contribution is 2.16. The van der Waals surface area contributed by atoms with Crippen LogP contribution in [0.1, 0.15) is 26.7 Å². The molecule has 0 aliphatic heterocycles. The van der Waals surface area contributed by atoms with Gasteiger partial charge in [0.2, 0.25) is 0 Å². The van der Waals surface area contributed by atoms with E-state index in [1.807, 2.05) is 43.3 Å². The van der Waals surface area contributed by atoms with Crippen LogP contribution < -0.4 is 5.32 Å². The Bertz CT molecular complexity index is 460. The van der Waals surface area contributed by atoms with Crippen LogP contribution in [-0.2, 0) is 4.74 Å². The third-order valence-corrected chi connectivity index (χ3v) is 2.59. The van der Waals surface area contributed by atoms with Gasteiger partial charge in [-0.2, -0.15) is 0 Å². The molecule has 0 radical (unpaired) electrons. The maximum Gasteiger partial charge on any atom is 0.190 e. The Morgan fingerprint density at radius 2 is 2.05 bits per heavy atom. The number of anilines is 1. The highest BCUT2D eigenvalue weighted by Gasteiger charge is 1.99. The first-order chi connectivity index (χ1) is 9.15. The molecule has 0 fully saturated rings. The Morgan fingerprint density at radius 3 is 2.63 bits per heavy atom. The fraction of sp³-hybridized carbons (Fsp3) is 0.250. The summed E-state index contributed by atoms with van der Waals surface area (Å²) < 4.78 is 5.66. The van der Waals surface area contributed by atoms with E-state index in [-0.39, 0.29) is 0 Å². The Morgan fingerprint density at radius 1 is 1.37 bits per heavy atom. The van der Waals surface area contributed by atoms with Crippen LogP contribution in [0.2, 0.25) is 5.02 Å². The van der Waals surface area contributed by atoms with Crippen LogP contribution in [0.5, 0.6) is 0 Å². The van der Waals surface area contributed by atoms with Crippen LogP contribution in [-0.4, -0.2) is 0 Å². The van der Waals surface area contributed by atoms with Crippen LogP contribution in [0.15, 0.2) is 60.7 Å². The highest BCUT2D eigenvalue weighted by atomic mass is 35.5. The number of halogens is 1. The zero-order valence-electron chi connectivity index (χ0n) is 11.4. The van der Waals surface area contributed by atoms with E-state index >= 15 is 0 Å². The molecule has 1 N–H and O–H groups in total. The van der Waals surface area contributed by atoms with Crippen molar-refractivity contribution in [3.05, 3.63) is 65.7 Å². The van der Waals surface area contributed by atoms with E-state index in [2.05, 4.69) is 24.9 Å². The lowest BCUT2D eigenvalue weighted by atomic mass is 10.3. The molecular formula is C16H20ClNO. The van der Waals surface area contributed by atoms with E-state index in [0.717, 1.165) is 24.3 Å². The molecule has 0 aromatic heterocycles. The van der Waals surface area contributed by atoms with Crippen molar-refractivity contribution < 1.29 is 4.74 Å². The summed E-state index contributed by atoms with van der Waals surface area (Å²) in [6.45, 7) is 7.95. The predicted molar refractivity (Wildman–Crippen MR) is 83.1 cm³/mol. The van der Waals surface area contributed by atoms with Crippen molar-refractivity contribution in [1.29, 1.82) is 0 Å². The number of hydrogen-bond acceptors (Lipinski definition) is 2. The molecule has 0 saturated heterocycles. The van der Waals surface area contributed by atoms with Crippen LogP contribution in [0.25, 0.3) is 0 Å². The topological polar surface area (TPSA) is 21.3 Å². The van der Waals surface area contributed by atoms with E-state index in [1.54, 1.807) is 0 Å². The standard InChI is InChI=1S/C16H20ClNO/c1-4-6-8-16(7-5-2)19-13(3)18-15-11-9-14(17)10-12-15/h5,7-12,18H,3-4,6H2,1-2H3/b7-5-,16-8+. The summed E-state index contributed by atoms with van der Waals surface area (Å²) in [5.41, 5.74) is 0.893. The minimum absolute atomic E-state index is 0.489. The lowest BCUT2D eigenvalue weighted by Gasteiger charge is -2.12. The van der Waals surface area contributed by atoms with Crippen molar-refractivity contribution in [3.8, 4) is 0 Å². The SMILES string of the molecule is C=C(Nc1ccc(Cl)cc1)OC(/C=C\C)=C/CCC. The molecule has 19 heavy (non-hydrogen) atoms. The largest absolute Gasteiger partial charge is 0.442 e. The van der Waals surface area contributed by atoms with Crippen LogP contribution in [0.3, 0.4) is 0 Å². The van der Waals surface area contributed by atoms with Crippen molar-refractivity contribution in [2.24, 2.45) is 0 Å². The lowest BCUT2D eigenvalue weighted by molar-refractivity contribution is 0.326. The number of ether oxygens (including phenoxy) is 1. The number of benzene rings is 1. The number of hydrogen-bond donors (Lipinski definition) is 1. The molecule has 3 heteroatoms. The number of allylic oxidation sites excluding steroid dienone is 3. The molecule has 0 amide bonds. The van der Waals surface area contributed by atoms with Crippen molar-refractivity contribution in [2.45, 2.75) is 26.7 Å². The first-order valence-corrected chi connectivity index (χ1v) is 6.75. The molecule has 2 nitrogen and oxygen atoms in total. The van der Waals surface area contributed by atoms with Gasteiger partial charge in [-0.3, -0.25) is 0 Å². The van der Waals surface area contributed by atoms with Crippen LogP contribution in [0, 0.1) is 0 Å². The molecule has 0 aliphatic rings. The molecule has 0 atom stereocenters. The van der Waals surface area contributed by atoms with Gasteiger partial charge in [-0.1, -0.05) is 31.0 Å². The van der Waals surface area contributed by atoms with E-state index in [9.17, 15) is 0 Å². The number of unbranched alkanes of at least 4 members (excludes halogenated alkanes) is 1. The fourth-order valence-electron chi connectivity index (χ4n) is 1.46. The first kappa shape index (κ1) is 15.4. The van der Waals surface area contributed by atoms with Gasteiger partial charge in [0.25, 0.3) is 0 Å². The highest BCUT2D eigenvalue weighted by molar-refractivity contribution is 6.30. The molecule has 1 aromatic rings. The van der Waals surface area contributed by atoms with Crippen molar-refractivity contribution in [3.63, 3.8) is 0 Å². The zero-order valence-corrected chi connectivity index (χ0v) is 12.2. The normalized spacial score (nSPS) is 11.6. The van der Waals surface area contributed by atoms with Gasteiger partial charge in [-0.15, -0.1) is 0 Å². The third kappa shape index (κ3) is 6.16. The second-order valence-corrected chi connectivity index (χ2v) is 4.49. The van der Waals surface area contributed by atoms with Gasteiger partial charge in [-0.05, 0) is 56.3 Å². The van der Waals surface area contributed by atoms with Gasteiger partial charge in [-0.25, -0.2) is 0 Å². The average Bonchev–Trinajstić information content (AvgIpc) is 2.39. The maximum absolute atomic E-state index is 5.83. The minimum Gasteiger partial charge on any atom is -0.442 e. The summed E-state index contributed by atoms with van der Waals surface area (Å²) in [6, 6.07) is 7.39. The molecule has 0 saturated carbocycles. The average molecular weight is 278 g/mol. The lowest BCUT2D eigenvalue weighted by Crippen LogP contribution is -2.02. The van der Waals surface area contributed by atoms with E-state index in [1.165, 1.54) is 0 Å². The predicted octanol–water partition coefficient (Wildman–Crippen LogP) is 5.50. The van der Waals surface area contributed by atoms with Gasteiger partial charge in [0, 0.05) is 10.7 Å². The quantitative estimate of drug-likeness (QED) is 0.525. The fourth-order valence-corrected chi connectivity index (χ4v) is 1.58. The third-order valence-electron chi connectivity index (χ3n) is 2.33. The molecule has 102 valence electrons. The first-order valence-electron chi connectivity index (χ1n) is 6.38. The smallest absolute Gasteiger partial charge is 0.190 e. The Labute approximate surface area is 120 Å². The molecule has 0 bridgehead atoms. The monoisotopic (exact) mass is 277 g/mol. The van der Waals surface area contributed by atoms with Crippen LogP contribution >= 0.6 is 11.6 Å². The van der Waals surface area contributed by atoms with Crippen molar-refractivity contribution in [2.75, 3.05) is 5.32 Å². The molecule has 1 rings (SSSR count). The summed E-state index contributed by atoms with van der Waals surface area (Å²) in [4.78, 5) is 0. The second kappa shape index (κ2) is 8.44. The summed E-state index contributed by atoms with van der Waals surface area (Å²) in [5.74, 6) is 1.29. The number of nitrogens with one attached hydrogen (secondary N) is 1. The Balaban J connectivity index is 2.59. The summed E-state index contributed by atoms with van der Waals surface area (Å²) in [6.07, 6.45) is 7.98. The second-order valence-electron chi connectivity index (χ2n) is 4.05. The summed E-state index contributed by atoms with van der Waals surface area (Å²) in [5, 5.41) is 3.79. The van der Waals surface area contributed by atoms with Gasteiger partial charge in [0.05, 0.1) is 0 Å². The minimum atomic E-state index is 0.489. The van der Waals surface area contributed by atoms with Crippen molar-refractivity contribution >= 4 is 17.3 Å². The molecule has 0 unspecified atom stereocenters. The van der Waals surface area contributed by atoms with Gasteiger partial charge in [0.1, 0.15) is 5.76 Å². The summed E-state index contributed by atoms with van der Waals surface area (Å²) in [7, 11) is 0. The molecule has 0 heterocycles. The Kier molecular flexibility index (Phi) is 6.83. The van der Waals surface area contributed by atoms with E-state index in [4.69, 9.17) is 16.3 Å². The van der Waals surface area contributed by atoms with E-state index < -0.39 is 0 Å². The van der Waals surface area contributed by atoms with Gasteiger partial charge >= 0.3 is 0 Å². The molecule has 0 aliphatic carbocycles. The Hall–Kier alpha value is -1.67. The van der Waals surface area contributed by atoms with Crippen LogP contribution in [0.4, 0.5) is 5.69 Å². The molecule has 0 spiro atoms. The van der Waals surface area contributed by atoms with E-state index in [0.29, 0.717) is 10.9 Å². The molecular weight excluding hydrogens is 258 g/mol. The van der Waals surface area contributed by atoms with Crippen molar-refractivity contribution in [1.82, 2.24) is 0 Å². The van der Waals surface area contributed by atoms with Gasteiger partial charge < -0.3 is 10.1 Å². The number of rotatable bonds is 7. The summed E-state index contributed by atoms with van der Waals surface area (Å²) >= 11 is 5.83. The maximum atomic E-state index is 5.83. The molecule has 1 aromatic carbocycles. The zero-order chi connectivity index (χ0) is 14.1. The van der Waals surface area contributed by atoms with Gasteiger partial charge in [0.15, 0.2) is 5.88 Å².